The molecule has 0 spiro atoms. The Morgan fingerprint density at radius 2 is 2.23 bits per heavy atom. The molecular formula is C9H6BrClN2. The molecule has 0 bridgehead atoms. The van der Waals surface area contributed by atoms with Gasteiger partial charge in [0.1, 0.15) is 0 Å². The lowest BCUT2D eigenvalue weighted by atomic mass is 10.1. The molecule has 0 saturated carbocycles. The summed E-state index contributed by atoms with van der Waals surface area (Å²) < 4.78 is 0.804. The van der Waals surface area contributed by atoms with Gasteiger partial charge in [-0.3, -0.25) is 4.98 Å². The van der Waals surface area contributed by atoms with E-state index >= 15 is 0 Å². The number of aromatic nitrogens is 1. The average Bonchev–Trinajstić information content (AvgIpc) is 2.15. The molecule has 4 heteroatoms. The molecule has 0 unspecified atom stereocenters. The first kappa shape index (κ1) is 8.78. The third-order valence-electron chi connectivity index (χ3n) is 1.86. The standard InChI is InChI=1S/C9H6BrClN2/c10-7-3-5-4-13-2-1-6(5)8(11)9(7)12/h1-4H,12H2. The van der Waals surface area contributed by atoms with Gasteiger partial charge in [0.2, 0.25) is 0 Å². The minimum absolute atomic E-state index is 0.570. The fraction of sp³-hybridized carbons (Fsp3) is 0. The van der Waals surface area contributed by atoms with Crippen molar-refractivity contribution in [1.29, 1.82) is 0 Å². The summed E-state index contributed by atoms with van der Waals surface area (Å²) in [7, 11) is 0. The Bertz CT molecular complexity index is 470. The van der Waals surface area contributed by atoms with Crippen LogP contribution in [0, 0.1) is 0 Å². The smallest absolute Gasteiger partial charge is 0.0726 e. The number of hydrogen-bond donors (Lipinski definition) is 1. The zero-order valence-corrected chi connectivity index (χ0v) is 8.93. The summed E-state index contributed by atoms with van der Waals surface area (Å²) in [4.78, 5) is 4.00. The van der Waals surface area contributed by atoms with E-state index in [0.29, 0.717) is 10.7 Å². The number of hydrogen-bond acceptors (Lipinski definition) is 2. The van der Waals surface area contributed by atoms with Crippen molar-refractivity contribution >= 4 is 44.0 Å². The predicted octanol–water partition coefficient (Wildman–Crippen LogP) is 3.23. The van der Waals surface area contributed by atoms with E-state index in [9.17, 15) is 0 Å². The van der Waals surface area contributed by atoms with Crippen LogP contribution >= 0.6 is 27.5 Å². The molecule has 0 saturated heterocycles. The molecule has 0 aliphatic carbocycles. The number of fused-ring (bicyclic) bond motifs is 1. The predicted molar refractivity (Wildman–Crippen MR) is 58.9 cm³/mol. The molecule has 2 N–H and O–H groups in total. The molecule has 0 fully saturated rings. The highest BCUT2D eigenvalue weighted by atomic mass is 79.9. The third-order valence-corrected chi connectivity index (χ3v) is 2.93. The van der Waals surface area contributed by atoms with E-state index in [1.807, 2.05) is 12.1 Å². The van der Waals surface area contributed by atoms with Crippen LogP contribution in [0.1, 0.15) is 0 Å². The molecule has 1 aromatic carbocycles. The molecule has 2 nitrogen and oxygen atoms in total. The van der Waals surface area contributed by atoms with Crippen molar-refractivity contribution in [2.45, 2.75) is 0 Å². The minimum Gasteiger partial charge on any atom is -0.397 e. The fourth-order valence-electron chi connectivity index (χ4n) is 1.19. The summed E-state index contributed by atoms with van der Waals surface area (Å²) in [5.74, 6) is 0. The van der Waals surface area contributed by atoms with Crippen molar-refractivity contribution in [2.75, 3.05) is 5.73 Å². The Balaban J connectivity index is 2.94. The number of anilines is 1. The van der Waals surface area contributed by atoms with Crippen LogP contribution in [-0.4, -0.2) is 4.98 Å². The Labute approximate surface area is 88.8 Å². The van der Waals surface area contributed by atoms with Gasteiger partial charge in [-0.2, -0.15) is 0 Å². The highest BCUT2D eigenvalue weighted by Gasteiger charge is 2.06. The van der Waals surface area contributed by atoms with Crippen molar-refractivity contribution in [3.05, 3.63) is 34.0 Å². The summed E-state index contributed by atoms with van der Waals surface area (Å²) in [6.45, 7) is 0. The average molecular weight is 258 g/mol. The summed E-state index contributed by atoms with van der Waals surface area (Å²) in [5.41, 5.74) is 6.32. The quantitative estimate of drug-likeness (QED) is 0.736. The van der Waals surface area contributed by atoms with Gasteiger partial charge in [-0.15, -0.1) is 0 Å². The Morgan fingerprint density at radius 3 is 3.00 bits per heavy atom. The van der Waals surface area contributed by atoms with Crippen LogP contribution in [0.15, 0.2) is 29.0 Å². The number of rotatable bonds is 0. The molecule has 2 aromatic rings. The first-order chi connectivity index (χ1) is 6.20. The molecule has 66 valence electrons. The lowest BCUT2D eigenvalue weighted by molar-refractivity contribution is 1.36. The molecular weight excluding hydrogens is 251 g/mol. The van der Waals surface area contributed by atoms with Crippen LogP contribution in [0.25, 0.3) is 10.8 Å². The van der Waals surface area contributed by atoms with Gasteiger partial charge >= 0.3 is 0 Å². The fourth-order valence-corrected chi connectivity index (χ4v) is 2.02. The first-order valence-corrected chi connectivity index (χ1v) is 4.84. The van der Waals surface area contributed by atoms with E-state index in [-0.39, 0.29) is 0 Å². The van der Waals surface area contributed by atoms with E-state index < -0.39 is 0 Å². The van der Waals surface area contributed by atoms with Gasteiger partial charge in [0.25, 0.3) is 0 Å². The van der Waals surface area contributed by atoms with Crippen molar-refractivity contribution in [1.82, 2.24) is 4.98 Å². The van der Waals surface area contributed by atoms with Crippen LogP contribution < -0.4 is 5.73 Å². The second kappa shape index (κ2) is 3.16. The zero-order chi connectivity index (χ0) is 9.42. The van der Waals surface area contributed by atoms with Crippen LogP contribution in [0.4, 0.5) is 5.69 Å². The van der Waals surface area contributed by atoms with Gasteiger partial charge < -0.3 is 5.73 Å². The molecule has 1 aromatic heterocycles. The van der Waals surface area contributed by atoms with Crippen LogP contribution in [-0.2, 0) is 0 Å². The summed E-state index contributed by atoms with van der Waals surface area (Å²) in [5, 5.41) is 2.48. The highest BCUT2D eigenvalue weighted by molar-refractivity contribution is 9.10. The summed E-state index contributed by atoms with van der Waals surface area (Å²) >= 11 is 9.38. The molecule has 0 amide bonds. The monoisotopic (exact) mass is 256 g/mol. The minimum atomic E-state index is 0.570. The lowest BCUT2D eigenvalue weighted by Crippen LogP contribution is -1.89. The van der Waals surface area contributed by atoms with Gasteiger partial charge in [-0.1, -0.05) is 11.6 Å². The molecule has 0 atom stereocenters. The van der Waals surface area contributed by atoms with Crippen molar-refractivity contribution in [3.8, 4) is 0 Å². The van der Waals surface area contributed by atoms with Gasteiger partial charge in [0, 0.05) is 27.6 Å². The van der Waals surface area contributed by atoms with E-state index in [4.69, 9.17) is 17.3 Å². The van der Waals surface area contributed by atoms with E-state index in [1.165, 1.54) is 0 Å². The number of benzene rings is 1. The van der Waals surface area contributed by atoms with Crippen molar-refractivity contribution < 1.29 is 0 Å². The molecule has 0 radical (unpaired) electrons. The maximum atomic E-state index is 6.05. The number of pyridine rings is 1. The highest BCUT2D eigenvalue weighted by Crippen LogP contribution is 2.34. The normalized spacial score (nSPS) is 10.6. The van der Waals surface area contributed by atoms with Crippen molar-refractivity contribution in [2.24, 2.45) is 0 Å². The topological polar surface area (TPSA) is 38.9 Å². The lowest BCUT2D eigenvalue weighted by Gasteiger charge is -2.05. The zero-order valence-electron chi connectivity index (χ0n) is 6.59. The SMILES string of the molecule is Nc1c(Br)cc2cnccc2c1Cl. The molecule has 2 rings (SSSR count). The second-order valence-corrected chi connectivity index (χ2v) is 3.92. The maximum absolute atomic E-state index is 6.05. The molecule has 0 aliphatic heterocycles. The van der Waals surface area contributed by atoms with Crippen molar-refractivity contribution in [3.63, 3.8) is 0 Å². The van der Waals surface area contributed by atoms with E-state index in [1.54, 1.807) is 12.4 Å². The van der Waals surface area contributed by atoms with Crippen LogP contribution in [0.3, 0.4) is 0 Å². The van der Waals surface area contributed by atoms with E-state index in [0.717, 1.165) is 15.2 Å². The second-order valence-electron chi connectivity index (χ2n) is 2.68. The van der Waals surface area contributed by atoms with Gasteiger partial charge in [-0.25, -0.2) is 0 Å². The number of nitrogens with zero attached hydrogens (tertiary/aromatic N) is 1. The molecule has 1 heterocycles. The van der Waals surface area contributed by atoms with Gasteiger partial charge in [0.05, 0.1) is 10.7 Å². The summed E-state index contributed by atoms with van der Waals surface area (Å²) in [6, 6.07) is 3.75. The Hall–Kier alpha value is -0.800. The molecule has 13 heavy (non-hydrogen) atoms. The summed E-state index contributed by atoms with van der Waals surface area (Å²) in [6.07, 6.45) is 3.45. The van der Waals surface area contributed by atoms with Gasteiger partial charge in [-0.05, 0) is 28.1 Å². The molecule has 0 aliphatic rings. The van der Waals surface area contributed by atoms with E-state index in [2.05, 4.69) is 20.9 Å². The Morgan fingerprint density at radius 1 is 1.46 bits per heavy atom. The van der Waals surface area contributed by atoms with Crippen LogP contribution in [0.2, 0.25) is 5.02 Å². The number of nitrogen functional groups attached to an aromatic ring is 1. The maximum Gasteiger partial charge on any atom is 0.0726 e. The Kier molecular flexibility index (Phi) is 2.14. The number of halogens is 2. The van der Waals surface area contributed by atoms with Crippen LogP contribution in [0.5, 0.6) is 0 Å². The largest absolute Gasteiger partial charge is 0.397 e. The third kappa shape index (κ3) is 1.38. The first-order valence-electron chi connectivity index (χ1n) is 3.67. The number of nitrogens with two attached hydrogens (primary N) is 1. The van der Waals surface area contributed by atoms with Gasteiger partial charge in [0.15, 0.2) is 0 Å².